The van der Waals surface area contributed by atoms with Crippen molar-refractivity contribution in [1.82, 2.24) is 30.3 Å². The molecule has 2 saturated heterocycles. The van der Waals surface area contributed by atoms with Gasteiger partial charge in [0.15, 0.2) is 5.16 Å². The maximum Gasteiger partial charge on any atom is 0.352 e. The molecule has 3 aliphatic heterocycles. The van der Waals surface area contributed by atoms with Crippen LogP contribution in [0.4, 0.5) is 0 Å². The Hall–Kier alpha value is -2.80. The van der Waals surface area contributed by atoms with Crippen molar-refractivity contribution in [2.24, 2.45) is 5.92 Å². The highest BCUT2D eigenvalue weighted by Gasteiger charge is 2.54. The van der Waals surface area contributed by atoms with E-state index in [0.29, 0.717) is 40.9 Å². The number of likely N-dealkylation sites (tertiary alicyclic amines) is 1. The summed E-state index contributed by atoms with van der Waals surface area (Å²) >= 11 is 2.54. The molecular formula is C20H22N6O5S2. The number of nitrogens with one attached hydrogen (secondary N) is 2. The van der Waals surface area contributed by atoms with E-state index < -0.39 is 23.3 Å². The van der Waals surface area contributed by atoms with Crippen LogP contribution >= 0.6 is 23.5 Å². The fourth-order valence-electron chi connectivity index (χ4n) is 4.16. The largest absolute Gasteiger partial charge is 0.477 e. The number of aromatic nitrogens is 3. The molecule has 1 saturated carbocycles. The quantitative estimate of drug-likeness (QED) is 0.264. The van der Waals surface area contributed by atoms with E-state index in [2.05, 4.69) is 20.5 Å². The van der Waals surface area contributed by atoms with Gasteiger partial charge in [0, 0.05) is 24.4 Å². The van der Waals surface area contributed by atoms with Gasteiger partial charge in [0.25, 0.3) is 5.91 Å². The monoisotopic (exact) mass is 490 g/mol. The topological polar surface area (TPSA) is 149 Å². The summed E-state index contributed by atoms with van der Waals surface area (Å²) in [6.45, 7) is 1.41. The molecule has 174 valence electrons. The van der Waals surface area contributed by atoms with E-state index >= 15 is 0 Å². The Balaban J connectivity index is 1.26. The fraction of sp³-hybridized carbons (Fsp3) is 0.500. The van der Waals surface area contributed by atoms with E-state index in [0.717, 1.165) is 31.1 Å². The van der Waals surface area contributed by atoms with E-state index in [1.165, 1.54) is 23.0 Å². The summed E-state index contributed by atoms with van der Waals surface area (Å²) < 4.78 is 0. The predicted octanol–water partition coefficient (Wildman–Crippen LogP) is 0.204. The van der Waals surface area contributed by atoms with Crippen molar-refractivity contribution in [3.63, 3.8) is 0 Å². The van der Waals surface area contributed by atoms with E-state index in [-0.39, 0.29) is 23.3 Å². The maximum atomic E-state index is 12.8. The highest BCUT2D eigenvalue weighted by molar-refractivity contribution is 8.00. The Morgan fingerprint density at radius 3 is 2.88 bits per heavy atom. The summed E-state index contributed by atoms with van der Waals surface area (Å²) in [6.07, 6.45) is 5.87. The Labute approximate surface area is 197 Å². The number of nitrogens with zero attached hydrogens (tertiary/aromatic N) is 4. The van der Waals surface area contributed by atoms with Gasteiger partial charge >= 0.3 is 5.97 Å². The zero-order valence-electron chi connectivity index (χ0n) is 17.5. The molecule has 1 aromatic rings. The Morgan fingerprint density at radius 2 is 2.18 bits per heavy atom. The number of fused-ring (bicyclic) bond motifs is 1. The van der Waals surface area contributed by atoms with Crippen LogP contribution in [0.5, 0.6) is 0 Å². The van der Waals surface area contributed by atoms with Gasteiger partial charge in [0.2, 0.25) is 11.8 Å². The maximum absolute atomic E-state index is 12.8. The number of hydrogen-bond donors (Lipinski definition) is 3. The number of aliphatic carboxylic acids is 1. The molecule has 2 atom stereocenters. The average Bonchev–Trinajstić information content (AvgIpc) is 3.34. The SMILES string of the molecule is O=C(CSc1ncn[nH]1)N[C@@H]1C(=O)N2C(C(=O)O)=C(/C=C3\CCN(CC4CC4)C3=O)CS[C@H]12. The number of carboxylic acids is 1. The molecule has 0 unspecified atom stereocenters. The molecule has 0 radical (unpaired) electrons. The molecule has 4 aliphatic rings. The smallest absolute Gasteiger partial charge is 0.352 e. The van der Waals surface area contributed by atoms with Gasteiger partial charge in [-0.15, -0.1) is 11.8 Å². The number of H-pyrrole nitrogens is 1. The van der Waals surface area contributed by atoms with Crippen molar-refractivity contribution in [1.29, 1.82) is 0 Å². The number of carboxylic acid groups (broad SMARTS) is 1. The standard InChI is InChI=1S/C20H22N6O5S2/c27-13(8-33-20-21-9-22-24-20)23-14-17(29)26-15(19(30)31)12(7-32-18(14)26)5-11-3-4-25(16(11)28)6-10-1-2-10/h5,9-10,14,18H,1-4,6-8H2,(H,23,27)(H,30,31)(H,21,22,24)/b11-5+/t14-,18-/m1/s1. The summed E-state index contributed by atoms with van der Waals surface area (Å²) in [5.74, 6) is -1.10. The number of aromatic amines is 1. The lowest BCUT2D eigenvalue weighted by molar-refractivity contribution is -0.150. The van der Waals surface area contributed by atoms with Gasteiger partial charge in [-0.1, -0.05) is 11.8 Å². The fourth-order valence-corrected chi connectivity index (χ4v) is 6.06. The third kappa shape index (κ3) is 4.38. The Bertz CT molecular complexity index is 1070. The van der Waals surface area contributed by atoms with Crippen LogP contribution in [0.1, 0.15) is 19.3 Å². The van der Waals surface area contributed by atoms with Crippen molar-refractivity contribution < 1.29 is 24.3 Å². The number of β-lactam (4-membered cyclic amide) rings is 1. The Morgan fingerprint density at radius 1 is 1.36 bits per heavy atom. The first-order chi connectivity index (χ1) is 15.9. The van der Waals surface area contributed by atoms with Crippen LogP contribution in [-0.4, -0.2) is 89.8 Å². The van der Waals surface area contributed by atoms with Crippen molar-refractivity contribution in [3.8, 4) is 0 Å². The van der Waals surface area contributed by atoms with E-state index in [9.17, 15) is 24.3 Å². The van der Waals surface area contributed by atoms with Crippen molar-refractivity contribution >= 4 is 47.2 Å². The van der Waals surface area contributed by atoms with Gasteiger partial charge in [-0.3, -0.25) is 24.4 Å². The minimum atomic E-state index is -1.22. The van der Waals surface area contributed by atoms with Gasteiger partial charge in [-0.2, -0.15) is 5.10 Å². The zero-order valence-corrected chi connectivity index (χ0v) is 19.2. The molecule has 0 bridgehead atoms. The molecule has 11 nitrogen and oxygen atoms in total. The third-order valence-electron chi connectivity index (χ3n) is 5.99. The van der Waals surface area contributed by atoms with Gasteiger partial charge in [-0.25, -0.2) is 9.78 Å². The molecule has 1 aromatic heterocycles. The van der Waals surface area contributed by atoms with Crippen LogP contribution in [0.25, 0.3) is 0 Å². The van der Waals surface area contributed by atoms with Gasteiger partial charge < -0.3 is 15.3 Å². The number of amides is 3. The number of allylic oxidation sites excluding steroid dienone is 1. The molecule has 3 fully saturated rings. The molecule has 0 aromatic carbocycles. The number of carbonyl (C=O) groups excluding carboxylic acids is 3. The highest BCUT2D eigenvalue weighted by atomic mass is 32.2. The van der Waals surface area contributed by atoms with Gasteiger partial charge in [0.05, 0.1) is 5.75 Å². The summed E-state index contributed by atoms with van der Waals surface area (Å²) in [7, 11) is 0. The number of rotatable bonds is 8. The summed E-state index contributed by atoms with van der Waals surface area (Å²) in [6, 6.07) is -0.788. The van der Waals surface area contributed by atoms with Crippen molar-refractivity contribution in [2.45, 2.75) is 35.8 Å². The van der Waals surface area contributed by atoms with Crippen LogP contribution in [0.2, 0.25) is 0 Å². The molecule has 13 heteroatoms. The van der Waals surface area contributed by atoms with Crippen LogP contribution < -0.4 is 5.32 Å². The summed E-state index contributed by atoms with van der Waals surface area (Å²) in [4.78, 5) is 56.8. The summed E-state index contributed by atoms with van der Waals surface area (Å²) in [5, 5.41) is 18.9. The van der Waals surface area contributed by atoms with E-state index in [1.54, 1.807) is 6.08 Å². The lowest BCUT2D eigenvalue weighted by Crippen LogP contribution is -2.70. The molecule has 33 heavy (non-hydrogen) atoms. The molecular weight excluding hydrogens is 468 g/mol. The lowest BCUT2D eigenvalue weighted by Gasteiger charge is -2.49. The summed E-state index contributed by atoms with van der Waals surface area (Å²) in [5.41, 5.74) is 0.941. The Kier molecular flexibility index (Phi) is 5.91. The minimum Gasteiger partial charge on any atom is -0.477 e. The first kappa shape index (κ1) is 22.0. The minimum absolute atomic E-state index is 0.0457. The van der Waals surface area contributed by atoms with Crippen LogP contribution in [0.3, 0.4) is 0 Å². The van der Waals surface area contributed by atoms with Crippen LogP contribution in [0, 0.1) is 5.92 Å². The van der Waals surface area contributed by atoms with Gasteiger partial charge in [0.1, 0.15) is 23.4 Å². The molecule has 1 aliphatic carbocycles. The van der Waals surface area contributed by atoms with Crippen molar-refractivity contribution in [2.75, 3.05) is 24.6 Å². The third-order valence-corrected chi connectivity index (χ3v) is 8.17. The zero-order chi connectivity index (χ0) is 23.1. The number of thioether (sulfide) groups is 2. The molecule has 4 heterocycles. The normalized spacial score (nSPS) is 26.0. The first-order valence-corrected chi connectivity index (χ1v) is 12.6. The van der Waals surface area contributed by atoms with E-state index in [4.69, 9.17) is 0 Å². The highest BCUT2D eigenvalue weighted by Crippen LogP contribution is 2.41. The van der Waals surface area contributed by atoms with Gasteiger partial charge in [-0.05, 0) is 36.8 Å². The predicted molar refractivity (Wildman–Crippen MR) is 119 cm³/mol. The van der Waals surface area contributed by atoms with Crippen molar-refractivity contribution in [3.05, 3.63) is 29.2 Å². The average molecular weight is 491 g/mol. The molecule has 0 spiro atoms. The number of hydrogen-bond acceptors (Lipinski definition) is 8. The second-order valence-electron chi connectivity index (χ2n) is 8.33. The first-order valence-electron chi connectivity index (χ1n) is 10.6. The molecule has 3 amide bonds. The molecule has 3 N–H and O–H groups in total. The van der Waals surface area contributed by atoms with E-state index in [1.807, 2.05) is 4.90 Å². The second kappa shape index (κ2) is 8.86. The molecule has 5 rings (SSSR count). The van der Waals surface area contributed by atoms with Crippen LogP contribution in [0.15, 0.2) is 34.4 Å². The second-order valence-corrected chi connectivity index (χ2v) is 10.4. The van der Waals surface area contributed by atoms with Crippen LogP contribution in [-0.2, 0) is 19.2 Å². The number of carbonyl (C=O) groups is 4. The lowest BCUT2D eigenvalue weighted by atomic mass is 10.0.